The summed E-state index contributed by atoms with van der Waals surface area (Å²) in [6.45, 7) is 5.10. The largest absolute Gasteiger partial charge is 0.398 e. The van der Waals surface area contributed by atoms with E-state index in [4.69, 9.17) is 34.7 Å². The van der Waals surface area contributed by atoms with Crippen LogP contribution >= 0.6 is 23.2 Å². The molecule has 0 bridgehead atoms. The van der Waals surface area contributed by atoms with Crippen molar-refractivity contribution in [3.05, 3.63) is 63.4 Å². The van der Waals surface area contributed by atoms with E-state index in [1.807, 2.05) is 25.1 Å². The lowest BCUT2D eigenvalue weighted by molar-refractivity contribution is 0.713. The SMILES string of the molecule is Cc1cc(NCCN=C(N)C2=C(N)C=C[C@@H](C)C2)nc(-c2ccc(Cl)cc2Cl)n1. The Kier molecular flexibility index (Phi) is 6.77. The Hall–Kier alpha value is -2.57. The summed E-state index contributed by atoms with van der Waals surface area (Å²) in [7, 11) is 0. The Morgan fingerprint density at radius 2 is 2.07 bits per heavy atom. The Morgan fingerprint density at radius 1 is 1.28 bits per heavy atom. The number of aromatic nitrogens is 2. The van der Waals surface area contributed by atoms with Crippen molar-refractivity contribution in [2.24, 2.45) is 22.4 Å². The third-order valence-corrected chi connectivity index (χ3v) is 5.06. The van der Waals surface area contributed by atoms with Gasteiger partial charge in [-0.1, -0.05) is 36.2 Å². The fourth-order valence-corrected chi connectivity index (χ4v) is 3.53. The first-order chi connectivity index (χ1) is 13.8. The van der Waals surface area contributed by atoms with E-state index in [0.717, 1.165) is 23.3 Å². The standard InChI is InChI=1S/C21H24Cl2N6/c1-12-3-6-18(24)16(9-12)20(25)27-8-7-26-19-10-13(2)28-21(29-19)15-5-4-14(22)11-17(15)23/h3-6,10-12H,7-9,24H2,1-2H3,(H2,25,27)(H,26,28,29)/t12-/m1/s1. The number of aryl methyl sites for hydroxylation is 1. The number of halogens is 2. The number of aliphatic imine (C=N–C) groups is 1. The zero-order valence-electron chi connectivity index (χ0n) is 16.4. The summed E-state index contributed by atoms with van der Waals surface area (Å²) in [5.41, 5.74) is 15.3. The van der Waals surface area contributed by atoms with Crippen molar-refractivity contribution in [2.75, 3.05) is 18.4 Å². The van der Waals surface area contributed by atoms with Crippen LogP contribution in [0, 0.1) is 12.8 Å². The van der Waals surface area contributed by atoms with Gasteiger partial charge >= 0.3 is 0 Å². The smallest absolute Gasteiger partial charge is 0.163 e. The first kappa shape index (κ1) is 21.1. The topological polar surface area (TPSA) is 102 Å². The highest BCUT2D eigenvalue weighted by molar-refractivity contribution is 6.36. The summed E-state index contributed by atoms with van der Waals surface area (Å²) in [6, 6.07) is 7.12. The monoisotopic (exact) mass is 430 g/mol. The highest BCUT2D eigenvalue weighted by Gasteiger charge is 2.14. The second kappa shape index (κ2) is 9.29. The fraction of sp³-hybridized carbons (Fsp3) is 0.286. The molecule has 0 fully saturated rings. The van der Waals surface area contributed by atoms with Gasteiger partial charge in [0.2, 0.25) is 0 Å². The molecule has 1 atom stereocenters. The van der Waals surface area contributed by atoms with Crippen molar-refractivity contribution in [1.82, 2.24) is 9.97 Å². The lowest BCUT2D eigenvalue weighted by Gasteiger charge is -2.17. The van der Waals surface area contributed by atoms with E-state index < -0.39 is 0 Å². The molecule has 1 aromatic carbocycles. The van der Waals surface area contributed by atoms with Crippen LogP contribution in [0.3, 0.4) is 0 Å². The molecule has 0 aliphatic heterocycles. The van der Waals surface area contributed by atoms with Gasteiger partial charge in [0.25, 0.3) is 0 Å². The fourth-order valence-electron chi connectivity index (χ4n) is 3.03. The normalized spacial score (nSPS) is 17.0. The maximum Gasteiger partial charge on any atom is 0.163 e. The molecule has 1 heterocycles. The van der Waals surface area contributed by atoms with Crippen LogP contribution in [0.2, 0.25) is 10.0 Å². The molecule has 0 spiro atoms. The van der Waals surface area contributed by atoms with Crippen molar-refractivity contribution in [1.29, 1.82) is 0 Å². The van der Waals surface area contributed by atoms with Crippen LogP contribution in [0.25, 0.3) is 11.4 Å². The first-order valence-corrected chi connectivity index (χ1v) is 10.1. The molecule has 152 valence electrons. The van der Waals surface area contributed by atoms with E-state index in [0.29, 0.717) is 52.2 Å². The maximum absolute atomic E-state index is 6.29. The van der Waals surface area contributed by atoms with E-state index in [9.17, 15) is 0 Å². The zero-order valence-corrected chi connectivity index (χ0v) is 17.9. The van der Waals surface area contributed by atoms with E-state index in [1.165, 1.54) is 0 Å². The zero-order chi connectivity index (χ0) is 21.0. The van der Waals surface area contributed by atoms with Crippen molar-refractivity contribution < 1.29 is 0 Å². The average Bonchev–Trinajstić information content (AvgIpc) is 2.66. The second-order valence-corrected chi connectivity index (χ2v) is 7.85. The lowest BCUT2D eigenvalue weighted by atomic mass is 9.93. The average molecular weight is 431 g/mol. The minimum Gasteiger partial charge on any atom is -0.398 e. The van der Waals surface area contributed by atoms with Crippen molar-refractivity contribution in [2.45, 2.75) is 20.3 Å². The van der Waals surface area contributed by atoms with Crippen LogP contribution in [0.1, 0.15) is 19.0 Å². The van der Waals surface area contributed by atoms with E-state index in [2.05, 4.69) is 33.3 Å². The van der Waals surface area contributed by atoms with Crippen LogP contribution in [-0.4, -0.2) is 28.9 Å². The van der Waals surface area contributed by atoms with Gasteiger partial charge in [0.1, 0.15) is 11.7 Å². The summed E-state index contributed by atoms with van der Waals surface area (Å²) < 4.78 is 0. The van der Waals surface area contributed by atoms with Gasteiger partial charge in [-0.15, -0.1) is 0 Å². The van der Waals surface area contributed by atoms with Gasteiger partial charge in [0.15, 0.2) is 5.82 Å². The lowest BCUT2D eigenvalue weighted by Crippen LogP contribution is -2.23. The molecule has 6 nitrogen and oxygen atoms in total. The molecule has 8 heteroatoms. The summed E-state index contributed by atoms with van der Waals surface area (Å²) in [5.74, 6) is 2.14. The highest BCUT2D eigenvalue weighted by atomic mass is 35.5. The number of anilines is 1. The van der Waals surface area contributed by atoms with Crippen molar-refractivity contribution in [3.63, 3.8) is 0 Å². The molecule has 0 unspecified atom stereocenters. The minimum absolute atomic E-state index is 0.409. The van der Waals surface area contributed by atoms with Crippen LogP contribution in [0.5, 0.6) is 0 Å². The Labute approximate surface area is 180 Å². The van der Waals surface area contributed by atoms with E-state index in [1.54, 1.807) is 12.1 Å². The number of allylic oxidation sites excluding steroid dienone is 2. The Bertz CT molecular complexity index is 997. The van der Waals surface area contributed by atoms with Gasteiger partial charge in [-0.05, 0) is 43.5 Å². The third kappa shape index (κ3) is 5.49. The summed E-state index contributed by atoms with van der Waals surface area (Å²) >= 11 is 12.3. The second-order valence-electron chi connectivity index (χ2n) is 7.01. The van der Waals surface area contributed by atoms with Gasteiger partial charge in [-0.2, -0.15) is 0 Å². The van der Waals surface area contributed by atoms with Crippen LogP contribution in [0.15, 0.2) is 52.7 Å². The molecule has 0 radical (unpaired) electrons. The first-order valence-electron chi connectivity index (χ1n) is 9.35. The third-order valence-electron chi connectivity index (χ3n) is 4.51. The van der Waals surface area contributed by atoms with E-state index in [-0.39, 0.29) is 0 Å². The summed E-state index contributed by atoms with van der Waals surface area (Å²) in [6.07, 6.45) is 4.79. The van der Waals surface area contributed by atoms with Gasteiger partial charge in [-0.3, -0.25) is 4.99 Å². The molecule has 1 aliphatic carbocycles. The number of benzene rings is 1. The van der Waals surface area contributed by atoms with Gasteiger partial charge in [0, 0.05) is 40.2 Å². The molecule has 3 rings (SSSR count). The molecule has 1 aromatic heterocycles. The quantitative estimate of drug-likeness (QED) is 0.359. The number of rotatable bonds is 6. The van der Waals surface area contributed by atoms with Crippen molar-refractivity contribution in [3.8, 4) is 11.4 Å². The molecule has 1 aliphatic rings. The molecular formula is C21H24Cl2N6. The number of nitrogens with zero attached hydrogens (tertiary/aromatic N) is 3. The number of hydrogen-bond acceptors (Lipinski definition) is 5. The number of amidine groups is 1. The Balaban J connectivity index is 1.67. The van der Waals surface area contributed by atoms with Crippen molar-refractivity contribution >= 4 is 34.9 Å². The Morgan fingerprint density at radius 3 is 2.83 bits per heavy atom. The van der Waals surface area contributed by atoms with Gasteiger partial charge < -0.3 is 16.8 Å². The summed E-state index contributed by atoms with van der Waals surface area (Å²) in [5, 5.41) is 4.34. The van der Waals surface area contributed by atoms with Gasteiger partial charge in [0.05, 0.1) is 11.6 Å². The van der Waals surface area contributed by atoms with Crippen LogP contribution in [0.4, 0.5) is 5.82 Å². The highest BCUT2D eigenvalue weighted by Crippen LogP contribution is 2.29. The van der Waals surface area contributed by atoms with Crippen LogP contribution < -0.4 is 16.8 Å². The summed E-state index contributed by atoms with van der Waals surface area (Å²) in [4.78, 5) is 13.5. The van der Waals surface area contributed by atoms with Gasteiger partial charge in [-0.25, -0.2) is 9.97 Å². The molecule has 5 N–H and O–H groups in total. The molecular weight excluding hydrogens is 407 g/mol. The number of hydrogen-bond donors (Lipinski definition) is 3. The minimum atomic E-state index is 0.409. The molecule has 0 saturated heterocycles. The predicted molar refractivity (Wildman–Crippen MR) is 121 cm³/mol. The predicted octanol–water partition coefficient (Wildman–Crippen LogP) is 4.34. The number of nitrogens with two attached hydrogens (primary N) is 2. The maximum atomic E-state index is 6.29. The van der Waals surface area contributed by atoms with E-state index >= 15 is 0 Å². The molecule has 0 amide bonds. The van der Waals surface area contributed by atoms with Crippen LogP contribution in [-0.2, 0) is 0 Å². The molecule has 2 aromatic rings. The molecule has 29 heavy (non-hydrogen) atoms. The number of nitrogens with one attached hydrogen (secondary N) is 1. The molecule has 0 saturated carbocycles.